The van der Waals surface area contributed by atoms with Gasteiger partial charge >= 0.3 is 0 Å². The van der Waals surface area contributed by atoms with Gasteiger partial charge in [-0.15, -0.1) is 0 Å². The summed E-state index contributed by atoms with van der Waals surface area (Å²) >= 11 is 5.95. The third-order valence-electron chi connectivity index (χ3n) is 3.78. The van der Waals surface area contributed by atoms with Crippen molar-refractivity contribution in [1.29, 1.82) is 5.26 Å². The third kappa shape index (κ3) is 4.60. The molecule has 0 unspecified atom stereocenters. The number of halogens is 1. The Balaban J connectivity index is 2.00. The minimum atomic E-state index is -0.742. The standard InChI is InChI=1S/C16H19ClN4O2/c1-11(22)20-13-5-4-12(17)8-14(13)19-9-15(23)21-16(10-18)6-2-3-7-16/h4-5,8,19H,2-3,6-7,9H2,1H3,(H,20,22)(H,21,23). The first-order chi connectivity index (χ1) is 10.9. The van der Waals surface area contributed by atoms with Crippen LogP contribution < -0.4 is 16.0 Å². The van der Waals surface area contributed by atoms with Crippen LogP contribution in [0.25, 0.3) is 0 Å². The summed E-state index contributed by atoms with van der Waals surface area (Å²) in [6.07, 6.45) is 3.26. The highest BCUT2D eigenvalue weighted by molar-refractivity contribution is 6.31. The summed E-state index contributed by atoms with van der Waals surface area (Å²) in [4.78, 5) is 23.3. The monoisotopic (exact) mass is 334 g/mol. The van der Waals surface area contributed by atoms with Crippen LogP contribution in [0, 0.1) is 11.3 Å². The molecule has 1 fully saturated rings. The van der Waals surface area contributed by atoms with E-state index in [0.29, 0.717) is 29.2 Å². The zero-order valence-corrected chi connectivity index (χ0v) is 13.7. The van der Waals surface area contributed by atoms with E-state index in [-0.39, 0.29) is 18.4 Å². The Labute approximate surface area is 140 Å². The van der Waals surface area contributed by atoms with Gasteiger partial charge in [0.2, 0.25) is 11.8 Å². The first kappa shape index (κ1) is 17.1. The average molecular weight is 335 g/mol. The molecule has 0 atom stereocenters. The van der Waals surface area contributed by atoms with Gasteiger partial charge in [-0.25, -0.2) is 0 Å². The van der Waals surface area contributed by atoms with E-state index < -0.39 is 5.54 Å². The fraction of sp³-hybridized carbons (Fsp3) is 0.438. The average Bonchev–Trinajstić information content (AvgIpc) is 2.96. The van der Waals surface area contributed by atoms with Gasteiger partial charge in [-0.3, -0.25) is 9.59 Å². The van der Waals surface area contributed by atoms with Gasteiger partial charge in [0.15, 0.2) is 0 Å². The van der Waals surface area contributed by atoms with E-state index in [4.69, 9.17) is 11.6 Å². The maximum atomic E-state index is 12.1. The van der Waals surface area contributed by atoms with Gasteiger partial charge in [0.05, 0.1) is 24.0 Å². The molecule has 1 aromatic carbocycles. The van der Waals surface area contributed by atoms with Gasteiger partial charge < -0.3 is 16.0 Å². The molecule has 6 nitrogen and oxygen atoms in total. The molecule has 23 heavy (non-hydrogen) atoms. The molecule has 2 rings (SSSR count). The maximum absolute atomic E-state index is 12.1. The quantitative estimate of drug-likeness (QED) is 0.771. The SMILES string of the molecule is CC(=O)Nc1ccc(Cl)cc1NCC(=O)NC1(C#N)CCCC1. The first-order valence-electron chi connectivity index (χ1n) is 7.47. The van der Waals surface area contributed by atoms with Gasteiger partial charge in [0.1, 0.15) is 5.54 Å². The lowest BCUT2D eigenvalue weighted by molar-refractivity contribution is -0.120. The van der Waals surface area contributed by atoms with Crippen LogP contribution in [0.3, 0.4) is 0 Å². The van der Waals surface area contributed by atoms with E-state index in [0.717, 1.165) is 12.8 Å². The molecule has 0 heterocycles. The van der Waals surface area contributed by atoms with Crippen molar-refractivity contribution in [3.05, 3.63) is 23.2 Å². The number of rotatable bonds is 5. The van der Waals surface area contributed by atoms with E-state index in [9.17, 15) is 14.9 Å². The summed E-state index contributed by atoms with van der Waals surface area (Å²) < 4.78 is 0. The number of nitriles is 1. The molecular formula is C16H19ClN4O2. The molecule has 0 spiro atoms. The van der Waals surface area contributed by atoms with Crippen molar-refractivity contribution >= 4 is 34.8 Å². The minimum absolute atomic E-state index is 0.00361. The summed E-state index contributed by atoms with van der Waals surface area (Å²) in [6, 6.07) is 7.17. The van der Waals surface area contributed by atoms with E-state index in [1.807, 2.05) is 0 Å². The second kappa shape index (κ2) is 7.34. The Morgan fingerprint density at radius 3 is 2.61 bits per heavy atom. The van der Waals surface area contributed by atoms with Gasteiger partial charge in [-0.05, 0) is 43.9 Å². The van der Waals surface area contributed by atoms with Gasteiger partial charge in [0, 0.05) is 11.9 Å². The van der Waals surface area contributed by atoms with Crippen molar-refractivity contribution in [3.8, 4) is 6.07 Å². The Hall–Kier alpha value is -2.26. The number of amides is 2. The molecule has 0 saturated heterocycles. The second-order valence-corrected chi connectivity index (χ2v) is 6.11. The molecule has 0 radical (unpaired) electrons. The van der Waals surface area contributed by atoms with Gasteiger partial charge in [-0.1, -0.05) is 11.6 Å². The molecule has 0 bridgehead atoms. The van der Waals surface area contributed by atoms with E-state index in [1.165, 1.54) is 6.92 Å². The minimum Gasteiger partial charge on any atom is -0.374 e. The molecule has 122 valence electrons. The maximum Gasteiger partial charge on any atom is 0.240 e. The fourth-order valence-corrected chi connectivity index (χ4v) is 2.86. The Morgan fingerprint density at radius 2 is 2.00 bits per heavy atom. The van der Waals surface area contributed by atoms with Crippen molar-refractivity contribution in [3.63, 3.8) is 0 Å². The summed E-state index contributed by atoms with van der Waals surface area (Å²) in [7, 11) is 0. The number of hydrogen-bond donors (Lipinski definition) is 3. The highest BCUT2D eigenvalue weighted by atomic mass is 35.5. The van der Waals surface area contributed by atoms with Crippen molar-refractivity contribution in [2.45, 2.75) is 38.1 Å². The van der Waals surface area contributed by atoms with Crippen LogP contribution in [-0.2, 0) is 9.59 Å². The van der Waals surface area contributed by atoms with E-state index >= 15 is 0 Å². The largest absolute Gasteiger partial charge is 0.374 e. The van der Waals surface area contributed by atoms with Crippen LogP contribution in [0.1, 0.15) is 32.6 Å². The highest BCUT2D eigenvalue weighted by Crippen LogP contribution is 2.29. The zero-order chi connectivity index (χ0) is 16.9. The molecule has 3 N–H and O–H groups in total. The summed E-state index contributed by atoms with van der Waals surface area (Å²) in [6.45, 7) is 1.40. The third-order valence-corrected chi connectivity index (χ3v) is 4.02. The van der Waals surface area contributed by atoms with Crippen molar-refractivity contribution in [2.24, 2.45) is 0 Å². The zero-order valence-electron chi connectivity index (χ0n) is 12.9. The first-order valence-corrected chi connectivity index (χ1v) is 7.85. The number of benzene rings is 1. The molecule has 0 aliphatic heterocycles. The predicted molar refractivity (Wildman–Crippen MR) is 89.2 cm³/mol. The molecule has 1 aliphatic rings. The van der Waals surface area contributed by atoms with Crippen LogP contribution in [0.15, 0.2) is 18.2 Å². The molecule has 1 aliphatic carbocycles. The van der Waals surface area contributed by atoms with Crippen LogP contribution in [-0.4, -0.2) is 23.9 Å². The van der Waals surface area contributed by atoms with Crippen LogP contribution in [0.5, 0.6) is 0 Å². The van der Waals surface area contributed by atoms with Crippen molar-refractivity contribution in [1.82, 2.24) is 5.32 Å². The summed E-state index contributed by atoms with van der Waals surface area (Å²) in [5.74, 6) is -0.476. The molecule has 2 amide bonds. The normalized spacial score (nSPS) is 15.5. The number of nitrogens with zero attached hydrogens (tertiary/aromatic N) is 1. The van der Waals surface area contributed by atoms with Crippen LogP contribution in [0.2, 0.25) is 5.02 Å². The lowest BCUT2D eigenvalue weighted by Gasteiger charge is -2.22. The Morgan fingerprint density at radius 1 is 1.30 bits per heavy atom. The predicted octanol–water partition coefficient (Wildman–Crippen LogP) is 2.66. The number of carbonyl (C=O) groups excluding carboxylic acids is 2. The number of hydrogen-bond acceptors (Lipinski definition) is 4. The van der Waals surface area contributed by atoms with E-state index in [2.05, 4.69) is 22.0 Å². The molecular weight excluding hydrogens is 316 g/mol. The highest BCUT2D eigenvalue weighted by Gasteiger charge is 2.35. The summed E-state index contributed by atoms with van der Waals surface area (Å²) in [5, 5.41) is 18.2. The Kier molecular flexibility index (Phi) is 5.45. The number of anilines is 2. The summed E-state index contributed by atoms with van der Waals surface area (Å²) in [5.41, 5.74) is 0.360. The topological polar surface area (TPSA) is 94.0 Å². The van der Waals surface area contributed by atoms with Crippen molar-refractivity contribution in [2.75, 3.05) is 17.2 Å². The lowest BCUT2D eigenvalue weighted by Crippen LogP contribution is -2.47. The Bertz CT molecular complexity index is 648. The molecule has 0 aromatic heterocycles. The van der Waals surface area contributed by atoms with E-state index in [1.54, 1.807) is 18.2 Å². The van der Waals surface area contributed by atoms with Crippen molar-refractivity contribution < 1.29 is 9.59 Å². The van der Waals surface area contributed by atoms with Gasteiger partial charge in [0.25, 0.3) is 0 Å². The molecule has 7 heteroatoms. The lowest BCUT2D eigenvalue weighted by atomic mass is 10.00. The molecule has 1 saturated carbocycles. The van der Waals surface area contributed by atoms with Crippen LogP contribution in [0.4, 0.5) is 11.4 Å². The number of carbonyl (C=O) groups is 2. The fourth-order valence-electron chi connectivity index (χ4n) is 2.69. The molecule has 1 aromatic rings. The smallest absolute Gasteiger partial charge is 0.240 e. The second-order valence-electron chi connectivity index (χ2n) is 5.67. The van der Waals surface area contributed by atoms with Crippen LogP contribution >= 0.6 is 11.6 Å². The van der Waals surface area contributed by atoms with Gasteiger partial charge in [-0.2, -0.15) is 5.26 Å². The number of nitrogens with one attached hydrogen (secondary N) is 3.